The monoisotopic (exact) mass is 324 g/mol. The highest BCUT2D eigenvalue weighted by atomic mass is 79.9. The molecule has 0 aliphatic heterocycles. The molecule has 0 spiro atoms. The van der Waals surface area contributed by atoms with Crippen molar-refractivity contribution in [2.45, 2.75) is 0 Å². The number of carboxylic acid groups (broad SMARTS) is 1. The van der Waals surface area contributed by atoms with E-state index in [0.29, 0.717) is 18.9 Å². The first kappa shape index (κ1) is 13.4. The minimum absolute atomic E-state index is 0.315. The topological polar surface area (TPSA) is 100 Å². The van der Waals surface area contributed by atoms with Crippen LogP contribution < -0.4 is 16.4 Å². The molecule has 7 heteroatoms. The molecule has 19 heavy (non-hydrogen) atoms. The third-order valence-corrected chi connectivity index (χ3v) is 3.00. The minimum Gasteiger partial charge on any atom is -0.465 e. The molecular formula is C12H13BrN4O2. The number of benzene rings is 1. The van der Waals surface area contributed by atoms with E-state index < -0.39 is 6.09 Å². The first-order valence-corrected chi connectivity index (χ1v) is 6.42. The lowest BCUT2D eigenvalue weighted by molar-refractivity contribution is 0.195. The van der Waals surface area contributed by atoms with Crippen molar-refractivity contribution < 1.29 is 9.90 Å². The largest absolute Gasteiger partial charge is 0.465 e. The number of rotatable bonds is 4. The van der Waals surface area contributed by atoms with Crippen molar-refractivity contribution in [2.24, 2.45) is 0 Å². The van der Waals surface area contributed by atoms with Gasteiger partial charge in [0.15, 0.2) is 0 Å². The highest BCUT2D eigenvalue weighted by Crippen LogP contribution is 2.26. The van der Waals surface area contributed by atoms with E-state index in [1.165, 1.54) is 0 Å². The summed E-state index contributed by atoms with van der Waals surface area (Å²) >= 11 is 3.38. The molecule has 1 amide bonds. The van der Waals surface area contributed by atoms with Gasteiger partial charge in [0, 0.05) is 34.7 Å². The molecule has 0 saturated carbocycles. The number of carbonyl (C=O) groups is 1. The molecule has 0 radical (unpaired) electrons. The third-order valence-electron chi connectivity index (χ3n) is 2.51. The molecule has 100 valence electrons. The van der Waals surface area contributed by atoms with E-state index in [9.17, 15) is 4.79 Å². The smallest absolute Gasteiger partial charge is 0.404 e. The van der Waals surface area contributed by atoms with Crippen molar-refractivity contribution in [3.05, 3.63) is 28.7 Å². The van der Waals surface area contributed by atoms with E-state index >= 15 is 0 Å². The van der Waals surface area contributed by atoms with E-state index in [4.69, 9.17) is 10.8 Å². The van der Waals surface area contributed by atoms with Gasteiger partial charge in [-0.1, -0.05) is 15.9 Å². The number of pyridine rings is 1. The lowest BCUT2D eigenvalue weighted by Gasteiger charge is -2.10. The van der Waals surface area contributed by atoms with E-state index in [1.807, 2.05) is 18.2 Å². The van der Waals surface area contributed by atoms with Gasteiger partial charge in [-0.25, -0.2) is 9.78 Å². The molecule has 5 N–H and O–H groups in total. The van der Waals surface area contributed by atoms with Gasteiger partial charge in [0.25, 0.3) is 0 Å². The van der Waals surface area contributed by atoms with Crippen LogP contribution in [0.1, 0.15) is 0 Å². The van der Waals surface area contributed by atoms with Gasteiger partial charge >= 0.3 is 6.09 Å². The highest BCUT2D eigenvalue weighted by molar-refractivity contribution is 9.10. The Labute approximate surface area is 118 Å². The van der Waals surface area contributed by atoms with Crippen LogP contribution in [0.3, 0.4) is 0 Å². The predicted molar refractivity (Wildman–Crippen MR) is 78.4 cm³/mol. The zero-order chi connectivity index (χ0) is 13.8. The second kappa shape index (κ2) is 5.75. The molecular weight excluding hydrogens is 312 g/mol. The number of nitrogens with two attached hydrogens (primary N) is 1. The van der Waals surface area contributed by atoms with Crippen molar-refractivity contribution in [2.75, 3.05) is 24.1 Å². The van der Waals surface area contributed by atoms with Crippen molar-refractivity contribution in [3.63, 3.8) is 0 Å². The van der Waals surface area contributed by atoms with E-state index in [0.717, 1.165) is 21.1 Å². The predicted octanol–water partition coefficient (Wildman–Crippen LogP) is 2.26. The van der Waals surface area contributed by atoms with Gasteiger partial charge in [-0.05, 0) is 18.2 Å². The normalized spacial score (nSPS) is 10.4. The number of anilines is 2. The van der Waals surface area contributed by atoms with Gasteiger partial charge in [0.05, 0.1) is 5.52 Å². The number of hydrogen-bond acceptors (Lipinski definition) is 4. The maximum atomic E-state index is 10.3. The van der Waals surface area contributed by atoms with Gasteiger partial charge in [-0.2, -0.15) is 0 Å². The fraction of sp³-hybridized carbons (Fsp3) is 0.167. The van der Waals surface area contributed by atoms with Gasteiger partial charge in [0.1, 0.15) is 5.82 Å². The first-order chi connectivity index (χ1) is 9.06. The summed E-state index contributed by atoms with van der Waals surface area (Å²) in [5, 5.41) is 14.9. The van der Waals surface area contributed by atoms with Crippen LogP contribution in [0.5, 0.6) is 0 Å². The fourth-order valence-electron chi connectivity index (χ4n) is 1.73. The van der Waals surface area contributed by atoms with Crippen molar-refractivity contribution in [1.29, 1.82) is 0 Å². The number of amides is 1. The van der Waals surface area contributed by atoms with Crippen LogP contribution in [-0.2, 0) is 0 Å². The summed E-state index contributed by atoms with van der Waals surface area (Å²) in [5.41, 5.74) is 7.37. The molecule has 1 heterocycles. The van der Waals surface area contributed by atoms with Crippen molar-refractivity contribution in [3.8, 4) is 0 Å². The zero-order valence-electron chi connectivity index (χ0n) is 9.98. The summed E-state index contributed by atoms with van der Waals surface area (Å²) < 4.78 is 0.927. The van der Waals surface area contributed by atoms with Gasteiger partial charge < -0.3 is 21.5 Å². The SMILES string of the molecule is Nc1cc(NCCNC(=O)O)c2ccc(Br)cc2n1. The molecule has 0 aliphatic carbocycles. The van der Waals surface area contributed by atoms with Crippen LogP contribution >= 0.6 is 15.9 Å². The number of nitrogens with one attached hydrogen (secondary N) is 2. The molecule has 0 bridgehead atoms. The maximum Gasteiger partial charge on any atom is 0.404 e. The highest BCUT2D eigenvalue weighted by Gasteiger charge is 2.04. The van der Waals surface area contributed by atoms with Crippen molar-refractivity contribution >= 4 is 44.4 Å². The van der Waals surface area contributed by atoms with Crippen LogP contribution in [0.15, 0.2) is 28.7 Å². The molecule has 0 aliphatic rings. The molecule has 0 atom stereocenters. The van der Waals surface area contributed by atoms with Crippen LogP contribution in [0.4, 0.5) is 16.3 Å². The van der Waals surface area contributed by atoms with E-state index in [1.54, 1.807) is 6.07 Å². The Morgan fingerprint density at radius 1 is 1.37 bits per heavy atom. The molecule has 0 unspecified atom stereocenters. The molecule has 0 saturated heterocycles. The number of hydrogen-bond donors (Lipinski definition) is 4. The van der Waals surface area contributed by atoms with E-state index in [2.05, 4.69) is 31.5 Å². The molecule has 6 nitrogen and oxygen atoms in total. The average molecular weight is 325 g/mol. The second-order valence-electron chi connectivity index (χ2n) is 3.91. The molecule has 2 aromatic rings. The lowest BCUT2D eigenvalue weighted by Crippen LogP contribution is -2.27. The Balaban J connectivity index is 2.19. The van der Waals surface area contributed by atoms with Gasteiger partial charge in [-0.3, -0.25) is 0 Å². The summed E-state index contributed by atoms with van der Waals surface area (Å²) in [5.74, 6) is 0.416. The Bertz CT molecular complexity index is 613. The summed E-state index contributed by atoms with van der Waals surface area (Å²) in [6.07, 6.45) is -1.04. The minimum atomic E-state index is -1.04. The number of aromatic nitrogens is 1. The number of nitrogens with zero attached hydrogens (tertiary/aromatic N) is 1. The van der Waals surface area contributed by atoms with Gasteiger partial charge in [-0.15, -0.1) is 0 Å². The molecule has 1 aromatic heterocycles. The van der Waals surface area contributed by atoms with E-state index in [-0.39, 0.29) is 0 Å². The van der Waals surface area contributed by atoms with Crippen LogP contribution in [0, 0.1) is 0 Å². The van der Waals surface area contributed by atoms with Crippen LogP contribution in [-0.4, -0.2) is 29.3 Å². The quantitative estimate of drug-likeness (QED) is 0.646. The first-order valence-electron chi connectivity index (χ1n) is 5.63. The average Bonchev–Trinajstić information content (AvgIpc) is 2.33. The van der Waals surface area contributed by atoms with Crippen LogP contribution in [0.25, 0.3) is 10.9 Å². The molecule has 2 rings (SSSR count). The number of fused-ring (bicyclic) bond motifs is 1. The number of halogens is 1. The summed E-state index contributed by atoms with van der Waals surface area (Å²) in [6, 6.07) is 7.46. The molecule has 0 fully saturated rings. The summed E-state index contributed by atoms with van der Waals surface area (Å²) in [4.78, 5) is 14.6. The Hall–Kier alpha value is -2.02. The summed E-state index contributed by atoms with van der Waals surface area (Å²) in [7, 11) is 0. The van der Waals surface area contributed by atoms with Gasteiger partial charge in [0.2, 0.25) is 0 Å². The Kier molecular flexibility index (Phi) is 4.06. The van der Waals surface area contributed by atoms with Crippen molar-refractivity contribution in [1.82, 2.24) is 10.3 Å². The fourth-order valence-corrected chi connectivity index (χ4v) is 2.08. The zero-order valence-corrected chi connectivity index (χ0v) is 11.6. The van der Waals surface area contributed by atoms with Crippen LogP contribution in [0.2, 0.25) is 0 Å². The maximum absolute atomic E-state index is 10.3. The second-order valence-corrected chi connectivity index (χ2v) is 4.83. The molecule has 1 aromatic carbocycles. The Morgan fingerprint density at radius 3 is 2.89 bits per heavy atom. The number of nitrogen functional groups attached to an aromatic ring is 1. The third kappa shape index (κ3) is 3.47. The standard InChI is InChI=1S/C12H13BrN4O2/c13-7-1-2-8-9(15-3-4-16-12(18)19)6-11(14)17-10(8)5-7/h1-2,5-6,16H,3-4H2,(H,18,19)(H3,14,15,17). The summed E-state index contributed by atoms with van der Waals surface area (Å²) in [6.45, 7) is 0.788. The lowest BCUT2D eigenvalue weighted by atomic mass is 10.2. The Morgan fingerprint density at radius 2 is 2.16 bits per heavy atom.